The molecule has 0 aromatic heterocycles. The fourth-order valence-electron chi connectivity index (χ4n) is 7.17. The molecule has 59 heavy (non-hydrogen) atoms. The van der Waals surface area contributed by atoms with Gasteiger partial charge < -0.3 is 19.8 Å². The van der Waals surface area contributed by atoms with E-state index < -0.39 is 20.0 Å². The van der Waals surface area contributed by atoms with Crippen LogP contribution in [0.25, 0.3) is 0 Å². The van der Waals surface area contributed by atoms with Gasteiger partial charge in [0.2, 0.25) is 5.91 Å². The van der Waals surface area contributed by atoms with Gasteiger partial charge in [0.1, 0.15) is 13.2 Å². The number of amides is 1. The third-order valence-electron chi connectivity index (χ3n) is 11.1. The summed E-state index contributed by atoms with van der Waals surface area (Å²) in [4.78, 5) is 23.1. The highest BCUT2D eigenvalue weighted by Crippen LogP contribution is 2.43. The summed E-state index contributed by atoms with van der Waals surface area (Å²) < 4.78 is 23.6. The third-order valence-corrected chi connectivity index (χ3v) is 12.1. The van der Waals surface area contributed by atoms with Crippen LogP contribution >= 0.6 is 7.82 Å². The number of aliphatic hydroxyl groups is 1. The van der Waals surface area contributed by atoms with Crippen LogP contribution in [0.3, 0.4) is 0 Å². The topological polar surface area (TPSA) is 105 Å². The van der Waals surface area contributed by atoms with E-state index in [9.17, 15) is 19.4 Å². The van der Waals surface area contributed by atoms with Crippen LogP contribution in [0.2, 0.25) is 0 Å². The summed E-state index contributed by atoms with van der Waals surface area (Å²) >= 11 is 0. The zero-order valence-corrected chi connectivity index (χ0v) is 40.4. The number of nitrogens with zero attached hydrogens (tertiary/aromatic N) is 1. The Kier molecular flexibility index (Phi) is 41.1. The van der Waals surface area contributed by atoms with Crippen molar-refractivity contribution in [2.45, 2.75) is 238 Å². The summed E-state index contributed by atoms with van der Waals surface area (Å²) in [6.07, 6.45) is 52.0. The minimum atomic E-state index is -4.31. The number of hydrogen-bond acceptors (Lipinski definition) is 5. The number of carbonyl (C=O) groups is 1. The number of allylic oxidation sites excluding steroid dienone is 6. The second kappa shape index (κ2) is 42.0. The molecule has 0 radical (unpaired) electrons. The fraction of sp³-hybridized carbons (Fsp3) is 0.860. The molecular formula is C50H98N2O6P+. The lowest BCUT2D eigenvalue weighted by Crippen LogP contribution is -2.46. The number of aliphatic hydroxyl groups excluding tert-OH is 1. The molecule has 0 spiro atoms. The molecule has 0 fully saturated rings. The Morgan fingerprint density at radius 2 is 0.966 bits per heavy atom. The molecule has 0 aliphatic heterocycles. The second-order valence-electron chi connectivity index (χ2n) is 18.2. The standard InChI is InChI=1S/C50H97N2O6P/c1-6-8-10-12-14-16-17-18-19-20-21-22-23-24-25-26-27-28-29-30-31-32-33-34-35-36-38-40-42-44-50(54)51-48(47-58-59(55,56)57-46-45-52(3,4)5)49(53)43-41-39-37-15-13-11-9-7-2/h17-18,20-21,23-24,48-49,53H,6-16,19,22,25-47H2,1-5H3,(H-,51,54,55,56)/p+1/b18-17-,21-20-,24-23-. The molecule has 0 aromatic carbocycles. The number of unbranched alkanes of at least 4 members (excludes halogenated alkanes) is 26. The van der Waals surface area contributed by atoms with Crippen LogP contribution in [0.15, 0.2) is 36.5 Å². The lowest BCUT2D eigenvalue weighted by molar-refractivity contribution is -0.870. The monoisotopic (exact) mass is 854 g/mol. The molecule has 1 amide bonds. The van der Waals surface area contributed by atoms with Crippen molar-refractivity contribution >= 4 is 13.7 Å². The second-order valence-corrected chi connectivity index (χ2v) is 19.6. The molecule has 3 atom stereocenters. The van der Waals surface area contributed by atoms with E-state index in [2.05, 4.69) is 55.6 Å². The first kappa shape index (κ1) is 57.7. The van der Waals surface area contributed by atoms with Gasteiger partial charge in [-0.3, -0.25) is 13.8 Å². The first-order valence-corrected chi connectivity index (χ1v) is 26.3. The number of rotatable bonds is 45. The molecule has 9 heteroatoms. The highest BCUT2D eigenvalue weighted by molar-refractivity contribution is 7.47. The maximum Gasteiger partial charge on any atom is 0.472 e. The van der Waals surface area contributed by atoms with Crippen LogP contribution < -0.4 is 5.32 Å². The molecule has 3 unspecified atom stereocenters. The van der Waals surface area contributed by atoms with Gasteiger partial charge in [-0.05, 0) is 51.4 Å². The molecule has 348 valence electrons. The predicted octanol–water partition coefficient (Wildman–Crippen LogP) is 14.3. The number of hydrogen-bond donors (Lipinski definition) is 3. The van der Waals surface area contributed by atoms with Crippen LogP contribution in [0.4, 0.5) is 0 Å². The molecule has 3 N–H and O–H groups in total. The van der Waals surface area contributed by atoms with Crippen molar-refractivity contribution in [1.29, 1.82) is 0 Å². The van der Waals surface area contributed by atoms with E-state index >= 15 is 0 Å². The van der Waals surface area contributed by atoms with Crippen LogP contribution in [-0.2, 0) is 18.4 Å². The summed E-state index contributed by atoms with van der Waals surface area (Å²) in [7, 11) is 1.61. The quantitative estimate of drug-likeness (QED) is 0.0244. The van der Waals surface area contributed by atoms with E-state index in [0.717, 1.165) is 51.4 Å². The van der Waals surface area contributed by atoms with E-state index in [1.165, 1.54) is 148 Å². The predicted molar refractivity (Wildman–Crippen MR) is 254 cm³/mol. The average Bonchev–Trinajstić information content (AvgIpc) is 3.19. The number of likely N-dealkylation sites (N-methyl/N-ethyl adjacent to an activating group) is 1. The van der Waals surface area contributed by atoms with E-state index in [0.29, 0.717) is 23.9 Å². The lowest BCUT2D eigenvalue weighted by atomic mass is 10.0. The van der Waals surface area contributed by atoms with Gasteiger partial charge in [-0.25, -0.2) is 4.57 Å². The highest BCUT2D eigenvalue weighted by Gasteiger charge is 2.28. The van der Waals surface area contributed by atoms with Gasteiger partial charge in [0.05, 0.1) is 39.9 Å². The zero-order chi connectivity index (χ0) is 43.6. The minimum Gasteiger partial charge on any atom is -0.391 e. The Labute approximate surface area is 366 Å². The number of nitrogens with one attached hydrogen (secondary N) is 1. The largest absolute Gasteiger partial charge is 0.472 e. The van der Waals surface area contributed by atoms with Gasteiger partial charge in [0.25, 0.3) is 0 Å². The number of quaternary nitrogens is 1. The van der Waals surface area contributed by atoms with Crippen LogP contribution in [0.1, 0.15) is 226 Å². The molecule has 0 saturated carbocycles. The Bertz CT molecular complexity index is 1060. The van der Waals surface area contributed by atoms with E-state index in [1.54, 1.807) is 0 Å². The highest BCUT2D eigenvalue weighted by atomic mass is 31.2. The van der Waals surface area contributed by atoms with Gasteiger partial charge in [-0.1, -0.05) is 204 Å². The average molecular weight is 854 g/mol. The summed E-state index contributed by atoms with van der Waals surface area (Å²) in [5.41, 5.74) is 0. The van der Waals surface area contributed by atoms with Crippen LogP contribution in [0, 0.1) is 0 Å². The van der Waals surface area contributed by atoms with Crippen LogP contribution in [-0.4, -0.2) is 73.4 Å². The fourth-order valence-corrected chi connectivity index (χ4v) is 7.91. The maximum absolute atomic E-state index is 12.9. The Morgan fingerprint density at radius 3 is 1.41 bits per heavy atom. The normalized spacial score (nSPS) is 14.5. The Hall–Kier alpha value is -1.28. The number of phosphoric acid groups is 1. The molecule has 0 aliphatic rings. The minimum absolute atomic E-state index is 0.0744. The Balaban J connectivity index is 4.00. The van der Waals surface area contributed by atoms with Crippen LogP contribution in [0.5, 0.6) is 0 Å². The number of carbonyl (C=O) groups excluding carboxylic acids is 1. The van der Waals surface area contributed by atoms with Crippen molar-refractivity contribution < 1.29 is 32.9 Å². The molecular weight excluding hydrogens is 756 g/mol. The summed E-state index contributed by atoms with van der Waals surface area (Å²) in [5.74, 6) is -0.148. The first-order chi connectivity index (χ1) is 28.5. The summed E-state index contributed by atoms with van der Waals surface area (Å²) in [6, 6.07) is -0.757. The molecule has 0 rings (SSSR count). The van der Waals surface area contributed by atoms with Crippen molar-refractivity contribution in [1.82, 2.24) is 5.32 Å². The molecule has 0 saturated heterocycles. The SMILES string of the molecule is CCCCCCC/C=C\C/C=C\C/C=C\CCCCCCCCCCCCCCCCC(=O)NC(COP(=O)(O)OCC[N+](C)(C)C)C(O)CCCCCCCCCC. The van der Waals surface area contributed by atoms with Crippen molar-refractivity contribution in [3.8, 4) is 0 Å². The molecule has 0 bridgehead atoms. The van der Waals surface area contributed by atoms with Crippen molar-refractivity contribution in [2.75, 3.05) is 40.9 Å². The summed E-state index contributed by atoms with van der Waals surface area (Å²) in [6.45, 7) is 4.84. The smallest absolute Gasteiger partial charge is 0.391 e. The zero-order valence-electron chi connectivity index (χ0n) is 39.5. The van der Waals surface area contributed by atoms with E-state index in [1.807, 2.05) is 21.1 Å². The number of phosphoric ester groups is 1. The van der Waals surface area contributed by atoms with Gasteiger partial charge in [0, 0.05) is 6.42 Å². The van der Waals surface area contributed by atoms with Gasteiger partial charge in [-0.2, -0.15) is 0 Å². The molecule has 0 aliphatic carbocycles. The third kappa shape index (κ3) is 44.6. The van der Waals surface area contributed by atoms with E-state index in [-0.39, 0.29) is 19.1 Å². The maximum atomic E-state index is 12.9. The van der Waals surface area contributed by atoms with Crippen molar-refractivity contribution in [3.05, 3.63) is 36.5 Å². The summed E-state index contributed by atoms with van der Waals surface area (Å²) in [5, 5.41) is 13.9. The molecule has 0 heterocycles. The van der Waals surface area contributed by atoms with E-state index in [4.69, 9.17) is 9.05 Å². The Morgan fingerprint density at radius 1 is 0.576 bits per heavy atom. The van der Waals surface area contributed by atoms with Gasteiger partial charge in [0.15, 0.2) is 0 Å². The molecule has 0 aromatic rings. The lowest BCUT2D eigenvalue weighted by Gasteiger charge is -2.26. The van der Waals surface area contributed by atoms with Gasteiger partial charge >= 0.3 is 7.82 Å². The van der Waals surface area contributed by atoms with Gasteiger partial charge in [-0.15, -0.1) is 0 Å². The molecule has 8 nitrogen and oxygen atoms in total. The van der Waals surface area contributed by atoms with Crippen molar-refractivity contribution in [3.63, 3.8) is 0 Å². The first-order valence-electron chi connectivity index (χ1n) is 24.9. The van der Waals surface area contributed by atoms with Crippen molar-refractivity contribution in [2.24, 2.45) is 0 Å².